The van der Waals surface area contributed by atoms with Gasteiger partial charge in [0.1, 0.15) is 0 Å². The molecule has 5 heteroatoms. The van der Waals surface area contributed by atoms with Crippen molar-refractivity contribution in [3.63, 3.8) is 0 Å². The van der Waals surface area contributed by atoms with Gasteiger partial charge in [0.25, 0.3) is 5.91 Å². The van der Waals surface area contributed by atoms with Crippen molar-refractivity contribution in [1.82, 2.24) is 15.2 Å². The molecule has 2 rings (SSSR count). The molecule has 0 spiro atoms. The summed E-state index contributed by atoms with van der Waals surface area (Å²) in [7, 11) is 0. The predicted octanol–water partition coefficient (Wildman–Crippen LogP) is 4.42. The largest absolute Gasteiger partial charge is 0.477 e. The molecule has 1 N–H and O–H groups in total. The number of ether oxygens (including phenoxy) is 1. The van der Waals surface area contributed by atoms with Crippen LogP contribution in [-0.2, 0) is 13.1 Å². The normalized spacial score (nSPS) is 11.1. The van der Waals surface area contributed by atoms with Gasteiger partial charge in [-0.2, -0.15) is 0 Å². The van der Waals surface area contributed by atoms with Crippen molar-refractivity contribution < 1.29 is 9.53 Å². The molecular weight excluding hydrogens is 350 g/mol. The Kier molecular flexibility index (Phi) is 8.95. The summed E-state index contributed by atoms with van der Waals surface area (Å²) >= 11 is 0. The highest BCUT2D eigenvalue weighted by Crippen LogP contribution is 2.15. The zero-order chi connectivity index (χ0) is 20.4. The minimum Gasteiger partial charge on any atom is -0.477 e. The Balaban J connectivity index is 1.93. The maximum atomic E-state index is 12.5. The molecule has 0 unspecified atom stereocenters. The third-order valence-electron chi connectivity index (χ3n) is 4.76. The van der Waals surface area contributed by atoms with Gasteiger partial charge in [-0.15, -0.1) is 0 Å². The van der Waals surface area contributed by atoms with E-state index in [1.165, 1.54) is 5.56 Å². The molecule has 0 saturated heterocycles. The van der Waals surface area contributed by atoms with Crippen molar-refractivity contribution in [2.24, 2.45) is 0 Å². The van der Waals surface area contributed by atoms with E-state index in [1.54, 1.807) is 6.20 Å². The third kappa shape index (κ3) is 6.64. The summed E-state index contributed by atoms with van der Waals surface area (Å²) in [6.07, 6.45) is 3.77. The first kappa shape index (κ1) is 21.9. The van der Waals surface area contributed by atoms with Crippen molar-refractivity contribution in [3.05, 3.63) is 59.3 Å². The molecule has 1 aromatic heterocycles. The van der Waals surface area contributed by atoms with E-state index in [2.05, 4.69) is 42.9 Å². The molecular formula is C23H33N3O2. The number of aromatic nitrogens is 1. The Morgan fingerprint density at radius 3 is 2.57 bits per heavy atom. The second-order valence-electron chi connectivity index (χ2n) is 7.21. The van der Waals surface area contributed by atoms with Crippen LogP contribution in [0.3, 0.4) is 0 Å². The maximum Gasteiger partial charge on any atom is 0.251 e. The fourth-order valence-corrected chi connectivity index (χ4v) is 2.93. The van der Waals surface area contributed by atoms with Gasteiger partial charge in [-0.1, -0.05) is 38.5 Å². The summed E-state index contributed by atoms with van der Waals surface area (Å²) in [4.78, 5) is 19.2. The molecule has 2 aromatic rings. The summed E-state index contributed by atoms with van der Waals surface area (Å²) in [6.45, 7) is 11.6. The van der Waals surface area contributed by atoms with Gasteiger partial charge in [-0.05, 0) is 50.6 Å². The molecule has 1 amide bonds. The van der Waals surface area contributed by atoms with Gasteiger partial charge in [0, 0.05) is 36.5 Å². The maximum absolute atomic E-state index is 12.5. The van der Waals surface area contributed by atoms with Crippen LogP contribution in [0.2, 0.25) is 0 Å². The SMILES string of the molecule is CCCCOc1ncccc1CNC(=O)c1ccc(CN(CC)C(C)C)cc1. The minimum atomic E-state index is -0.0916. The standard InChI is InChI=1S/C23H33N3O2/c1-5-7-15-28-23-21(9-8-14-24-23)16-25-22(27)20-12-10-19(11-13-20)17-26(6-2)18(3)4/h8-14,18H,5-7,15-17H2,1-4H3,(H,25,27). The van der Waals surface area contributed by atoms with Gasteiger partial charge in [0.2, 0.25) is 5.88 Å². The van der Waals surface area contributed by atoms with Gasteiger partial charge >= 0.3 is 0 Å². The van der Waals surface area contributed by atoms with Crippen molar-refractivity contribution in [1.29, 1.82) is 0 Å². The second kappa shape index (κ2) is 11.4. The Labute approximate surface area is 169 Å². The third-order valence-corrected chi connectivity index (χ3v) is 4.76. The zero-order valence-corrected chi connectivity index (χ0v) is 17.6. The van der Waals surface area contributed by atoms with E-state index in [-0.39, 0.29) is 5.91 Å². The number of amides is 1. The highest BCUT2D eigenvalue weighted by atomic mass is 16.5. The predicted molar refractivity (Wildman–Crippen MR) is 113 cm³/mol. The van der Waals surface area contributed by atoms with Crippen LogP contribution in [0.15, 0.2) is 42.6 Å². The Morgan fingerprint density at radius 1 is 1.18 bits per heavy atom. The van der Waals surface area contributed by atoms with Crippen LogP contribution in [0.4, 0.5) is 0 Å². The van der Waals surface area contributed by atoms with Crippen LogP contribution in [0.25, 0.3) is 0 Å². The van der Waals surface area contributed by atoms with Gasteiger partial charge in [-0.25, -0.2) is 4.98 Å². The summed E-state index contributed by atoms with van der Waals surface area (Å²) in [5, 5.41) is 2.97. The van der Waals surface area contributed by atoms with Crippen molar-refractivity contribution in [3.8, 4) is 5.88 Å². The number of nitrogens with zero attached hydrogens (tertiary/aromatic N) is 2. The van der Waals surface area contributed by atoms with Crippen LogP contribution in [0.5, 0.6) is 5.88 Å². The van der Waals surface area contributed by atoms with E-state index in [0.29, 0.717) is 30.6 Å². The van der Waals surface area contributed by atoms with Crippen molar-refractivity contribution in [2.75, 3.05) is 13.2 Å². The van der Waals surface area contributed by atoms with E-state index in [9.17, 15) is 4.79 Å². The first-order valence-corrected chi connectivity index (χ1v) is 10.2. The van der Waals surface area contributed by atoms with Crippen LogP contribution in [-0.4, -0.2) is 35.0 Å². The van der Waals surface area contributed by atoms with E-state index < -0.39 is 0 Å². The molecule has 0 saturated carbocycles. The fourth-order valence-electron chi connectivity index (χ4n) is 2.93. The van der Waals surface area contributed by atoms with Crippen LogP contribution in [0, 0.1) is 0 Å². The molecule has 28 heavy (non-hydrogen) atoms. The number of benzene rings is 1. The van der Waals surface area contributed by atoms with Crippen LogP contribution < -0.4 is 10.1 Å². The Hall–Kier alpha value is -2.40. The van der Waals surface area contributed by atoms with Gasteiger partial charge < -0.3 is 10.1 Å². The van der Waals surface area contributed by atoms with E-state index >= 15 is 0 Å². The number of nitrogens with one attached hydrogen (secondary N) is 1. The number of hydrogen-bond acceptors (Lipinski definition) is 4. The average Bonchev–Trinajstić information content (AvgIpc) is 2.71. The van der Waals surface area contributed by atoms with Crippen molar-refractivity contribution >= 4 is 5.91 Å². The first-order valence-electron chi connectivity index (χ1n) is 10.2. The lowest BCUT2D eigenvalue weighted by Gasteiger charge is -2.24. The minimum absolute atomic E-state index is 0.0916. The molecule has 0 aliphatic heterocycles. The second-order valence-corrected chi connectivity index (χ2v) is 7.21. The fraction of sp³-hybridized carbons (Fsp3) is 0.478. The molecule has 0 aliphatic rings. The molecule has 0 atom stereocenters. The number of carbonyl (C=O) groups is 1. The zero-order valence-electron chi connectivity index (χ0n) is 17.6. The number of rotatable bonds is 11. The van der Waals surface area contributed by atoms with Crippen LogP contribution in [0.1, 0.15) is 62.0 Å². The summed E-state index contributed by atoms with van der Waals surface area (Å²) in [5.41, 5.74) is 2.76. The molecule has 0 radical (unpaired) electrons. The van der Waals surface area contributed by atoms with Gasteiger partial charge in [0.15, 0.2) is 0 Å². The molecule has 1 heterocycles. The summed E-state index contributed by atoms with van der Waals surface area (Å²) in [6, 6.07) is 12.1. The molecule has 5 nitrogen and oxygen atoms in total. The summed E-state index contributed by atoms with van der Waals surface area (Å²) in [5.74, 6) is 0.506. The number of unbranched alkanes of at least 4 members (excludes halogenated alkanes) is 1. The monoisotopic (exact) mass is 383 g/mol. The van der Waals surface area contributed by atoms with Gasteiger partial charge in [-0.3, -0.25) is 9.69 Å². The summed E-state index contributed by atoms with van der Waals surface area (Å²) < 4.78 is 5.73. The lowest BCUT2D eigenvalue weighted by molar-refractivity contribution is 0.0950. The average molecular weight is 384 g/mol. The number of pyridine rings is 1. The Morgan fingerprint density at radius 2 is 1.93 bits per heavy atom. The smallest absolute Gasteiger partial charge is 0.251 e. The number of hydrogen-bond donors (Lipinski definition) is 1. The van der Waals surface area contributed by atoms with Crippen LogP contribution >= 0.6 is 0 Å². The topological polar surface area (TPSA) is 54.5 Å². The molecule has 152 valence electrons. The molecule has 0 aliphatic carbocycles. The number of carbonyl (C=O) groups excluding carboxylic acids is 1. The Bertz CT molecular complexity index is 729. The van der Waals surface area contributed by atoms with E-state index in [0.717, 1.165) is 31.5 Å². The van der Waals surface area contributed by atoms with Gasteiger partial charge in [0.05, 0.1) is 6.61 Å². The van der Waals surface area contributed by atoms with Crippen molar-refractivity contribution in [2.45, 2.75) is 59.7 Å². The first-order chi connectivity index (χ1) is 13.5. The lowest BCUT2D eigenvalue weighted by atomic mass is 10.1. The quantitative estimate of drug-likeness (QED) is 0.584. The molecule has 1 aromatic carbocycles. The molecule has 0 bridgehead atoms. The highest BCUT2D eigenvalue weighted by molar-refractivity contribution is 5.94. The molecule has 0 fully saturated rings. The highest BCUT2D eigenvalue weighted by Gasteiger charge is 2.11. The van der Waals surface area contributed by atoms with E-state index in [1.807, 2.05) is 36.4 Å². The lowest BCUT2D eigenvalue weighted by Crippen LogP contribution is -2.30. The van der Waals surface area contributed by atoms with E-state index in [4.69, 9.17) is 4.74 Å².